The standard InChI is InChI=1S/C12H14N4O/c1-9(17)15-16-8-11(14-12(16)13-2)10-6-4-3-5-7-10/h3-8H,1-2H3,(H,13,14)(H,15,17). The van der Waals surface area contributed by atoms with E-state index in [1.807, 2.05) is 30.3 Å². The smallest absolute Gasteiger partial charge is 0.235 e. The summed E-state index contributed by atoms with van der Waals surface area (Å²) >= 11 is 0. The molecule has 0 fully saturated rings. The average Bonchev–Trinajstić information content (AvgIpc) is 2.72. The fourth-order valence-corrected chi connectivity index (χ4v) is 1.56. The van der Waals surface area contributed by atoms with Gasteiger partial charge in [0.1, 0.15) is 0 Å². The average molecular weight is 230 g/mol. The number of hydrogen-bond donors (Lipinski definition) is 2. The van der Waals surface area contributed by atoms with Gasteiger partial charge in [-0.25, -0.2) is 9.66 Å². The number of rotatable bonds is 3. The molecule has 0 bridgehead atoms. The zero-order valence-corrected chi connectivity index (χ0v) is 9.77. The van der Waals surface area contributed by atoms with Crippen LogP contribution in [-0.4, -0.2) is 22.6 Å². The molecule has 0 atom stereocenters. The van der Waals surface area contributed by atoms with Gasteiger partial charge < -0.3 is 5.32 Å². The summed E-state index contributed by atoms with van der Waals surface area (Å²) in [6.45, 7) is 1.46. The summed E-state index contributed by atoms with van der Waals surface area (Å²) in [6, 6.07) is 9.80. The van der Waals surface area contributed by atoms with Crippen molar-refractivity contribution in [2.75, 3.05) is 17.8 Å². The number of aromatic nitrogens is 2. The van der Waals surface area contributed by atoms with E-state index in [9.17, 15) is 4.79 Å². The summed E-state index contributed by atoms with van der Waals surface area (Å²) in [6.07, 6.45) is 1.78. The number of nitrogens with one attached hydrogen (secondary N) is 2. The Hall–Kier alpha value is -2.30. The number of carbonyl (C=O) groups excluding carboxylic acids is 1. The summed E-state index contributed by atoms with van der Waals surface area (Å²) in [4.78, 5) is 15.4. The lowest BCUT2D eigenvalue weighted by molar-refractivity contribution is -0.115. The van der Waals surface area contributed by atoms with Gasteiger partial charge in [0.25, 0.3) is 0 Å². The zero-order valence-electron chi connectivity index (χ0n) is 9.77. The highest BCUT2D eigenvalue weighted by Crippen LogP contribution is 2.19. The van der Waals surface area contributed by atoms with Gasteiger partial charge >= 0.3 is 0 Å². The molecule has 1 heterocycles. The van der Waals surface area contributed by atoms with Gasteiger partial charge in [-0.05, 0) is 0 Å². The lowest BCUT2D eigenvalue weighted by Gasteiger charge is -2.05. The van der Waals surface area contributed by atoms with Crippen molar-refractivity contribution in [3.8, 4) is 11.3 Å². The van der Waals surface area contributed by atoms with Gasteiger partial charge in [0.15, 0.2) is 0 Å². The van der Waals surface area contributed by atoms with Crippen LogP contribution in [0.1, 0.15) is 6.92 Å². The van der Waals surface area contributed by atoms with E-state index < -0.39 is 0 Å². The van der Waals surface area contributed by atoms with Gasteiger partial charge in [0.05, 0.1) is 11.9 Å². The van der Waals surface area contributed by atoms with E-state index in [2.05, 4.69) is 15.7 Å². The van der Waals surface area contributed by atoms with E-state index in [0.29, 0.717) is 5.95 Å². The van der Waals surface area contributed by atoms with E-state index in [1.54, 1.807) is 17.9 Å². The van der Waals surface area contributed by atoms with Gasteiger partial charge in [0.2, 0.25) is 11.9 Å². The number of hydrogen-bond acceptors (Lipinski definition) is 3. The van der Waals surface area contributed by atoms with Crippen LogP contribution in [0.15, 0.2) is 36.5 Å². The Morgan fingerprint density at radius 2 is 2.00 bits per heavy atom. The minimum absolute atomic E-state index is 0.140. The van der Waals surface area contributed by atoms with Crippen molar-refractivity contribution in [3.05, 3.63) is 36.5 Å². The number of imidazole rings is 1. The van der Waals surface area contributed by atoms with Gasteiger partial charge in [-0.15, -0.1) is 0 Å². The predicted molar refractivity (Wildman–Crippen MR) is 67.3 cm³/mol. The predicted octanol–water partition coefficient (Wildman–Crippen LogP) is 1.68. The van der Waals surface area contributed by atoms with E-state index >= 15 is 0 Å². The summed E-state index contributed by atoms with van der Waals surface area (Å²) in [7, 11) is 1.76. The van der Waals surface area contributed by atoms with Crippen LogP contribution in [0, 0.1) is 0 Å². The fraction of sp³-hybridized carbons (Fsp3) is 0.167. The van der Waals surface area contributed by atoms with Crippen LogP contribution in [-0.2, 0) is 4.79 Å². The normalized spacial score (nSPS) is 10.0. The summed E-state index contributed by atoms with van der Waals surface area (Å²) in [5, 5.41) is 2.93. The van der Waals surface area contributed by atoms with Crippen molar-refractivity contribution in [1.29, 1.82) is 0 Å². The molecule has 17 heavy (non-hydrogen) atoms. The van der Waals surface area contributed by atoms with Crippen LogP contribution in [0.25, 0.3) is 11.3 Å². The lowest BCUT2D eigenvalue weighted by atomic mass is 10.2. The van der Waals surface area contributed by atoms with Crippen molar-refractivity contribution >= 4 is 11.9 Å². The minimum atomic E-state index is -0.140. The Morgan fingerprint density at radius 1 is 1.29 bits per heavy atom. The molecule has 2 rings (SSSR count). The first-order valence-corrected chi connectivity index (χ1v) is 5.31. The third kappa shape index (κ3) is 2.44. The Bertz CT molecular complexity index is 519. The first-order valence-electron chi connectivity index (χ1n) is 5.31. The van der Waals surface area contributed by atoms with E-state index in [0.717, 1.165) is 11.3 Å². The van der Waals surface area contributed by atoms with Gasteiger partial charge in [-0.3, -0.25) is 10.2 Å². The van der Waals surface area contributed by atoms with E-state index in [1.165, 1.54) is 6.92 Å². The number of amides is 1. The third-order valence-electron chi connectivity index (χ3n) is 2.28. The second-order valence-corrected chi connectivity index (χ2v) is 3.60. The summed E-state index contributed by atoms with van der Waals surface area (Å²) < 4.78 is 1.57. The molecule has 1 aromatic heterocycles. The Morgan fingerprint density at radius 3 is 2.59 bits per heavy atom. The number of nitrogens with zero attached hydrogens (tertiary/aromatic N) is 2. The summed E-state index contributed by atoms with van der Waals surface area (Å²) in [5.74, 6) is 0.456. The molecule has 88 valence electrons. The molecule has 0 radical (unpaired) electrons. The van der Waals surface area contributed by atoms with Crippen LogP contribution >= 0.6 is 0 Å². The van der Waals surface area contributed by atoms with Crippen molar-refractivity contribution in [2.24, 2.45) is 0 Å². The number of carbonyl (C=O) groups is 1. The molecule has 1 aromatic carbocycles. The molecule has 0 unspecified atom stereocenters. The third-order valence-corrected chi connectivity index (χ3v) is 2.28. The molecule has 0 aliphatic heterocycles. The van der Waals surface area contributed by atoms with Crippen molar-refractivity contribution in [3.63, 3.8) is 0 Å². The molecule has 0 aliphatic rings. The molecule has 0 spiro atoms. The molecular formula is C12H14N4O. The SMILES string of the molecule is CNc1nc(-c2ccccc2)cn1NC(C)=O. The largest absolute Gasteiger partial charge is 0.357 e. The highest BCUT2D eigenvalue weighted by molar-refractivity contribution is 5.81. The first kappa shape index (κ1) is 11.2. The van der Waals surface area contributed by atoms with Crippen molar-refractivity contribution in [1.82, 2.24) is 9.66 Å². The van der Waals surface area contributed by atoms with Crippen LogP contribution in [0.5, 0.6) is 0 Å². The van der Waals surface area contributed by atoms with Crippen LogP contribution in [0.3, 0.4) is 0 Å². The topological polar surface area (TPSA) is 59.0 Å². The number of anilines is 1. The Kier molecular flexibility index (Phi) is 3.09. The Balaban J connectivity index is 2.37. The molecule has 0 aliphatic carbocycles. The van der Waals surface area contributed by atoms with Gasteiger partial charge in [0, 0.05) is 19.5 Å². The zero-order chi connectivity index (χ0) is 12.3. The molecule has 5 heteroatoms. The minimum Gasteiger partial charge on any atom is -0.357 e. The molecule has 0 saturated carbocycles. The van der Waals surface area contributed by atoms with Crippen LogP contribution in [0.4, 0.5) is 5.95 Å². The highest BCUT2D eigenvalue weighted by Gasteiger charge is 2.08. The second-order valence-electron chi connectivity index (χ2n) is 3.60. The quantitative estimate of drug-likeness (QED) is 0.843. The van der Waals surface area contributed by atoms with E-state index in [-0.39, 0.29) is 5.91 Å². The molecule has 5 nitrogen and oxygen atoms in total. The van der Waals surface area contributed by atoms with E-state index in [4.69, 9.17) is 0 Å². The lowest BCUT2D eigenvalue weighted by Crippen LogP contribution is -2.20. The monoisotopic (exact) mass is 230 g/mol. The maximum absolute atomic E-state index is 11.0. The Labute approximate surface area is 99.5 Å². The molecular weight excluding hydrogens is 216 g/mol. The first-order chi connectivity index (χ1) is 8.20. The van der Waals surface area contributed by atoms with Gasteiger partial charge in [-0.1, -0.05) is 30.3 Å². The second kappa shape index (κ2) is 4.69. The molecule has 0 saturated heterocycles. The van der Waals surface area contributed by atoms with Gasteiger partial charge in [-0.2, -0.15) is 0 Å². The maximum Gasteiger partial charge on any atom is 0.235 e. The molecule has 2 aromatic rings. The molecule has 1 amide bonds. The van der Waals surface area contributed by atoms with Crippen molar-refractivity contribution < 1.29 is 4.79 Å². The van der Waals surface area contributed by atoms with Crippen molar-refractivity contribution in [2.45, 2.75) is 6.92 Å². The highest BCUT2D eigenvalue weighted by atomic mass is 16.2. The fourth-order valence-electron chi connectivity index (χ4n) is 1.56. The van der Waals surface area contributed by atoms with Crippen LogP contribution in [0.2, 0.25) is 0 Å². The maximum atomic E-state index is 11.0. The molecule has 2 N–H and O–H groups in total. The number of benzene rings is 1. The summed E-state index contributed by atoms with van der Waals surface area (Å²) in [5.41, 5.74) is 4.48. The van der Waals surface area contributed by atoms with Crippen LogP contribution < -0.4 is 10.7 Å².